The maximum Gasteiger partial charge on any atom is 0.161 e. The van der Waals surface area contributed by atoms with Crippen molar-refractivity contribution in [2.45, 2.75) is 32.9 Å². The third kappa shape index (κ3) is 4.72. The number of pyridine rings is 1. The quantitative estimate of drug-likeness (QED) is 0.558. The summed E-state index contributed by atoms with van der Waals surface area (Å²) in [5, 5.41) is 18.8. The fourth-order valence-electron chi connectivity index (χ4n) is 4.08. The molecule has 3 heterocycles. The van der Waals surface area contributed by atoms with E-state index in [1.165, 1.54) is 0 Å². The van der Waals surface area contributed by atoms with Crippen molar-refractivity contribution in [3.8, 4) is 17.0 Å². The topological polar surface area (TPSA) is 84.7 Å². The van der Waals surface area contributed by atoms with Gasteiger partial charge in [0.15, 0.2) is 5.65 Å². The molecule has 3 aromatic rings. The van der Waals surface area contributed by atoms with Crippen molar-refractivity contribution in [2.24, 2.45) is 0 Å². The van der Waals surface area contributed by atoms with Gasteiger partial charge in [0, 0.05) is 31.2 Å². The fraction of sp³-hybridized carbons (Fsp3) is 0.500. The highest BCUT2D eigenvalue weighted by Gasteiger charge is 2.22. The summed E-state index contributed by atoms with van der Waals surface area (Å²) < 4.78 is 13.4. The van der Waals surface area contributed by atoms with Gasteiger partial charge in [-0.25, -0.2) is 9.67 Å². The van der Waals surface area contributed by atoms with Crippen LogP contribution in [0.2, 0.25) is 0 Å². The van der Waals surface area contributed by atoms with Crippen molar-refractivity contribution >= 4 is 16.7 Å². The minimum Gasteiger partial charge on any atom is -0.491 e. The predicted octanol–water partition coefficient (Wildman–Crippen LogP) is 2.78. The molecule has 0 radical (unpaired) electrons. The van der Waals surface area contributed by atoms with Crippen molar-refractivity contribution in [3.63, 3.8) is 0 Å². The van der Waals surface area contributed by atoms with Crippen molar-refractivity contribution in [1.82, 2.24) is 20.1 Å². The number of ether oxygens (including phenoxy) is 2. The zero-order valence-electron chi connectivity index (χ0n) is 19.3. The van der Waals surface area contributed by atoms with E-state index in [0.717, 1.165) is 60.0 Å². The summed E-state index contributed by atoms with van der Waals surface area (Å²) in [6.45, 7) is 10.1. The van der Waals surface area contributed by atoms with Crippen LogP contribution in [0.25, 0.3) is 22.3 Å². The normalized spacial score (nSPS) is 15.5. The van der Waals surface area contributed by atoms with E-state index >= 15 is 0 Å². The fourth-order valence-corrected chi connectivity index (χ4v) is 4.08. The molecule has 172 valence electrons. The number of morpholine rings is 1. The predicted molar refractivity (Wildman–Crippen MR) is 127 cm³/mol. The van der Waals surface area contributed by atoms with Crippen LogP contribution in [0.3, 0.4) is 0 Å². The largest absolute Gasteiger partial charge is 0.491 e. The van der Waals surface area contributed by atoms with E-state index in [4.69, 9.17) is 19.6 Å². The monoisotopic (exact) mass is 439 g/mol. The maximum absolute atomic E-state index is 9.96. The van der Waals surface area contributed by atoms with Gasteiger partial charge in [-0.05, 0) is 46.0 Å². The molecule has 1 unspecified atom stereocenters. The molecule has 0 spiro atoms. The average Bonchev–Trinajstić information content (AvgIpc) is 3.15. The van der Waals surface area contributed by atoms with Crippen LogP contribution in [-0.4, -0.2) is 72.5 Å². The van der Waals surface area contributed by atoms with Gasteiger partial charge in [-0.2, -0.15) is 5.10 Å². The molecule has 0 bridgehead atoms. The molecule has 1 aromatic carbocycles. The van der Waals surface area contributed by atoms with E-state index in [1.54, 1.807) is 7.05 Å². The summed E-state index contributed by atoms with van der Waals surface area (Å²) in [7, 11) is 1.81. The van der Waals surface area contributed by atoms with Crippen LogP contribution in [0.4, 0.5) is 5.69 Å². The van der Waals surface area contributed by atoms with Crippen LogP contribution in [0, 0.1) is 6.92 Å². The highest BCUT2D eigenvalue weighted by atomic mass is 16.5. The molecule has 1 aliphatic heterocycles. The van der Waals surface area contributed by atoms with Gasteiger partial charge in [0.05, 0.1) is 35.7 Å². The first kappa shape index (κ1) is 22.5. The number of nitrogens with one attached hydrogen (secondary N) is 1. The summed E-state index contributed by atoms with van der Waals surface area (Å²) in [5.74, 6) is 0.709. The van der Waals surface area contributed by atoms with Crippen molar-refractivity contribution < 1.29 is 14.6 Å². The van der Waals surface area contributed by atoms with Gasteiger partial charge in [-0.1, -0.05) is 12.1 Å². The lowest BCUT2D eigenvalue weighted by molar-refractivity contribution is 0.108. The summed E-state index contributed by atoms with van der Waals surface area (Å²) in [5.41, 5.74) is 4.88. The van der Waals surface area contributed by atoms with Crippen molar-refractivity contribution in [1.29, 1.82) is 0 Å². The Balaban J connectivity index is 1.76. The summed E-state index contributed by atoms with van der Waals surface area (Å²) in [6.07, 6.45) is -0.561. The van der Waals surface area contributed by atoms with Gasteiger partial charge in [0.25, 0.3) is 0 Å². The lowest BCUT2D eigenvalue weighted by Gasteiger charge is -2.30. The third-order valence-corrected chi connectivity index (χ3v) is 5.67. The molecule has 1 aliphatic rings. The number of hydrogen-bond acceptors (Lipinski definition) is 7. The van der Waals surface area contributed by atoms with Gasteiger partial charge in [-0.15, -0.1) is 0 Å². The minimum absolute atomic E-state index is 0.204. The lowest BCUT2D eigenvalue weighted by atomic mass is 10.1. The van der Waals surface area contributed by atoms with Gasteiger partial charge in [-0.3, -0.25) is 0 Å². The zero-order valence-corrected chi connectivity index (χ0v) is 19.3. The smallest absolute Gasteiger partial charge is 0.161 e. The van der Waals surface area contributed by atoms with Gasteiger partial charge in [0.2, 0.25) is 0 Å². The molecule has 32 heavy (non-hydrogen) atoms. The van der Waals surface area contributed by atoms with E-state index in [9.17, 15) is 5.11 Å². The molecule has 0 amide bonds. The van der Waals surface area contributed by atoms with Crippen molar-refractivity contribution in [3.05, 3.63) is 36.0 Å². The zero-order chi connectivity index (χ0) is 22.7. The number of nitrogens with zero attached hydrogens (tertiary/aromatic N) is 4. The Morgan fingerprint density at radius 3 is 2.72 bits per heavy atom. The number of aliphatic hydroxyl groups is 1. The molecule has 2 aromatic heterocycles. The third-order valence-electron chi connectivity index (χ3n) is 5.67. The Bertz CT molecular complexity index is 1060. The number of aliphatic hydroxyl groups excluding tert-OH is 1. The van der Waals surface area contributed by atoms with Crippen LogP contribution in [0.15, 0.2) is 30.3 Å². The molecule has 0 aliphatic carbocycles. The molecule has 8 nitrogen and oxygen atoms in total. The highest BCUT2D eigenvalue weighted by molar-refractivity contribution is 5.94. The van der Waals surface area contributed by atoms with Crippen LogP contribution >= 0.6 is 0 Å². The van der Waals surface area contributed by atoms with Crippen molar-refractivity contribution in [2.75, 3.05) is 51.4 Å². The second kappa shape index (κ2) is 9.85. The Hall–Kier alpha value is -2.68. The van der Waals surface area contributed by atoms with E-state index in [2.05, 4.69) is 37.1 Å². The Morgan fingerprint density at radius 2 is 2.00 bits per heavy atom. The minimum atomic E-state index is -0.561. The number of aromatic nitrogens is 3. The number of benzene rings is 1. The average molecular weight is 440 g/mol. The number of fused-ring (bicyclic) bond motifs is 1. The van der Waals surface area contributed by atoms with Gasteiger partial charge >= 0.3 is 0 Å². The van der Waals surface area contributed by atoms with Crippen LogP contribution < -0.4 is 15.0 Å². The summed E-state index contributed by atoms with van der Waals surface area (Å²) in [6, 6.07) is 10.2. The number of rotatable bonds is 8. The maximum atomic E-state index is 9.96. The van der Waals surface area contributed by atoms with Crippen LogP contribution in [-0.2, 0) is 4.74 Å². The first-order valence-electron chi connectivity index (χ1n) is 11.3. The van der Waals surface area contributed by atoms with E-state index in [1.807, 2.05) is 28.9 Å². The van der Waals surface area contributed by atoms with Crippen LogP contribution in [0.1, 0.15) is 25.6 Å². The molecule has 1 saturated heterocycles. The first-order valence-corrected chi connectivity index (χ1v) is 11.3. The summed E-state index contributed by atoms with van der Waals surface area (Å²) >= 11 is 0. The number of aryl methyl sites for hydroxylation is 1. The SMILES string of the molecule is CNCC(O)COc1cccc(-c2cc(N3CCOCC3)c3c(C)nn(C(C)C)c3n2)c1. The second-order valence-corrected chi connectivity index (χ2v) is 8.50. The van der Waals surface area contributed by atoms with E-state index in [0.29, 0.717) is 12.3 Å². The highest BCUT2D eigenvalue weighted by Crippen LogP contribution is 2.35. The standard InChI is InChI=1S/C24H33N5O3/c1-16(2)29-24-23(17(3)27-29)22(28-8-10-31-11-9-28)13-21(26-24)18-6-5-7-20(12-18)32-15-19(30)14-25-4/h5-7,12-13,16,19,25,30H,8-11,14-15H2,1-4H3. The van der Waals surface area contributed by atoms with E-state index in [-0.39, 0.29) is 12.6 Å². The molecule has 1 atom stereocenters. The number of hydrogen-bond donors (Lipinski definition) is 2. The van der Waals surface area contributed by atoms with Gasteiger partial charge in [0.1, 0.15) is 18.5 Å². The molecule has 2 N–H and O–H groups in total. The molecular weight excluding hydrogens is 406 g/mol. The van der Waals surface area contributed by atoms with E-state index < -0.39 is 6.10 Å². The lowest BCUT2D eigenvalue weighted by Crippen LogP contribution is -2.36. The Kier molecular flexibility index (Phi) is 6.93. The Morgan fingerprint density at radius 1 is 1.22 bits per heavy atom. The summed E-state index contributed by atoms with van der Waals surface area (Å²) in [4.78, 5) is 7.40. The van der Waals surface area contributed by atoms with Crippen LogP contribution in [0.5, 0.6) is 5.75 Å². The number of anilines is 1. The second-order valence-electron chi connectivity index (χ2n) is 8.50. The Labute approximate surface area is 189 Å². The first-order chi connectivity index (χ1) is 15.5. The molecule has 4 rings (SSSR count). The molecule has 8 heteroatoms. The van der Waals surface area contributed by atoms with Gasteiger partial charge < -0.3 is 24.8 Å². The molecule has 1 fully saturated rings. The molecular formula is C24H33N5O3. The number of likely N-dealkylation sites (N-methyl/N-ethyl adjacent to an activating group) is 1. The molecule has 0 saturated carbocycles.